The summed E-state index contributed by atoms with van der Waals surface area (Å²) in [6.07, 6.45) is -0.299. The molecule has 7 nitrogen and oxygen atoms in total. The lowest BCUT2D eigenvalue weighted by molar-refractivity contribution is 0.133. The van der Waals surface area contributed by atoms with E-state index in [4.69, 9.17) is 28.4 Å². The number of hydrogen-bond acceptors (Lipinski definition) is 7. The topological polar surface area (TPSA) is 67.4 Å². The van der Waals surface area contributed by atoms with Crippen LogP contribution in [-0.2, 0) is 0 Å². The second kappa shape index (κ2) is 8.65. The van der Waals surface area contributed by atoms with Crippen molar-refractivity contribution < 1.29 is 28.4 Å². The van der Waals surface area contributed by atoms with Gasteiger partial charge in [-0.25, -0.2) is 0 Å². The molecule has 0 fully saturated rings. The van der Waals surface area contributed by atoms with E-state index in [0.717, 1.165) is 34.1 Å². The Kier molecular flexibility index (Phi) is 5.54. The van der Waals surface area contributed by atoms with Gasteiger partial charge in [0.15, 0.2) is 29.2 Å². The van der Waals surface area contributed by atoms with Gasteiger partial charge in [-0.2, -0.15) is 0 Å². The molecule has 0 radical (unpaired) electrons. The van der Waals surface area contributed by atoms with Crippen LogP contribution in [0.1, 0.15) is 24.0 Å². The molecular formula is C26H27NO6. The van der Waals surface area contributed by atoms with E-state index in [1.165, 1.54) is 0 Å². The summed E-state index contributed by atoms with van der Waals surface area (Å²) in [5, 5.41) is 3.53. The third-order valence-electron chi connectivity index (χ3n) is 6.26. The maximum absolute atomic E-state index is 6.46. The van der Waals surface area contributed by atoms with Gasteiger partial charge in [-0.15, -0.1) is 0 Å². The number of fused-ring (bicyclic) bond motifs is 2. The summed E-state index contributed by atoms with van der Waals surface area (Å²) >= 11 is 0. The van der Waals surface area contributed by atoms with Crippen molar-refractivity contribution in [2.45, 2.75) is 19.1 Å². The number of hydrogen-bond donors (Lipinski definition) is 1. The van der Waals surface area contributed by atoms with Crippen LogP contribution >= 0.6 is 0 Å². The van der Waals surface area contributed by atoms with Crippen LogP contribution in [0.2, 0.25) is 0 Å². The van der Waals surface area contributed by atoms with Gasteiger partial charge in [-0.1, -0.05) is 19.1 Å². The minimum atomic E-state index is -0.299. The normalized spacial score (nSPS) is 20.4. The molecule has 0 amide bonds. The van der Waals surface area contributed by atoms with Crippen molar-refractivity contribution in [1.29, 1.82) is 0 Å². The largest absolute Gasteiger partial charge is 0.497 e. The number of benzene rings is 3. The van der Waals surface area contributed by atoms with Crippen molar-refractivity contribution in [3.05, 3.63) is 65.7 Å². The van der Waals surface area contributed by atoms with Gasteiger partial charge in [0.1, 0.15) is 11.5 Å². The van der Waals surface area contributed by atoms with Crippen molar-refractivity contribution in [2.24, 2.45) is 5.92 Å². The molecule has 0 unspecified atom stereocenters. The number of methoxy groups -OCH3 is 3. The summed E-state index contributed by atoms with van der Waals surface area (Å²) in [5.74, 6) is 4.36. The number of nitrogens with one attached hydrogen (secondary N) is 1. The summed E-state index contributed by atoms with van der Waals surface area (Å²) in [4.78, 5) is 0. The van der Waals surface area contributed by atoms with E-state index in [0.29, 0.717) is 17.2 Å². The first-order valence-electron chi connectivity index (χ1n) is 10.8. The number of ether oxygens (including phenoxy) is 6. The van der Waals surface area contributed by atoms with Crippen LogP contribution in [-0.4, -0.2) is 34.4 Å². The summed E-state index contributed by atoms with van der Waals surface area (Å²) in [7, 11) is 4.97. The Bertz CT molecular complexity index is 1150. The molecule has 3 atom stereocenters. The molecule has 0 aromatic heterocycles. The van der Waals surface area contributed by atoms with Gasteiger partial charge in [0.2, 0.25) is 6.79 Å². The highest BCUT2D eigenvalue weighted by atomic mass is 16.7. The van der Waals surface area contributed by atoms with E-state index in [1.807, 2.05) is 48.5 Å². The Morgan fingerprint density at radius 3 is 2.27 bits per heavy atom. The minimum Gasteiger partial charge on any atom is -0.497 e. The third kappa shape index (κ3) is 3.73. The van der Waals surface area contributed by atoms with Crippen molar-refractivity contribution in [3.63, 3.8) is 0 Å². The van der Waals surface area contributed by atoms with Gasteiger partial charge in [-0.3, -0.25) is 0 Å². The first-order chi connectivity index (χ1) is 16.1. The highest BCUT2D eigenvalue weighted by molar-refractivity contribution is 5.60. The van der Waals surface area contributed by atoms with E-state index in [9.17, 15) is 0 Å². The number of para-hydroxylation sites is 1. The molecule has 2 aliphatic heterocycles. The summed E-state index contributed by atoms with van der Waals surface area (Å²) in [6, 6.07) is 17.7. The molecule has 0 bridgehead atoms. The van der Waals surface area contributed by atoms with Gasteiger partial charge in [0.25, 0.3) is 0 Å². The van der Waals surface area contributed by atoms with E-state index >= 15 is 0 Å². The molecule has 0 aliphatic carbocycles. The number of anilines is 1. The fraction of sp³-hybridized carbons (Fsp3) is 0.308. The maximum atomic E-state index is 6.46. The minimum absolute atomic E-state index is 0.0379. The van der Waals surface area contributed by atoms with Gasteiger partial charge in [-0.05, 0) is 36.4 Å². The van der Waals surface area contributed by atoms with Crippen LogP contribution in [0, 0.1) is 5.92 Å². The quantitative estimate of drug-likeness (QED) is 0.565. The summed E-state index contributed by atoms with van der Waals surface area (Å²) in [5.41, 5.74) is 2.98. The molecule has 7 heteroatoms. The zero-order chi connectivity index (χ0) is 22.9. The van der Waals surface area contributed by atoms with Gasteiger partial charge >= 0.3 is 0 Å². The molecule has 3 aromatic rings. The lowest BCUT2D eigenvalue weighted by atomic mass is 9.78. The second-order valence-electron chi connectivity index (χ2n) is 8.07. The molecule has 33 heavy (non-hydrogen) atoms. The zero-order valence-corrected chi connectivity index (χ0v) is 19.1. The van der Waals surface area contributed by atoms with Crippen LogP contribution in [0.3, 0.4) is 0 Å². The average Bonchev–Trinajstić information content (AvgIpc) is 3.30. The zero-order valence-electron chi connectivity index (χ0n) is 19.1. The SMILES string of the molecule is COc1ccc(N[C@H]2Oc3cc4c(cc3[C@H](c3cccc(OC)c3OC)[C@@H]2C)OCO4)cc1. The Morgan fingerprint density at radius 2 is 1.58 bits per heavy atom. The first kappa shape index (κ1) is 21.1. The van der Waals surface area contributed by atoms with Crippen LogP contribution in [0.4, 0.5) is 5.69 Å². The lowest BCUT2D eigenvalue weighted by Gasteiger charge is -2.39. The van der Waals surface area contributed by atoms with E-state index < -0.39 is 0 Å². The average molecular weight is 450 g/mol. The number of rotatable bonds is 6. The molecule has 0 saturated carbocycles. The monoisotopic (exact) mass is 449 g/mol. The van der Waals surface area contributed by atoms with Crippen molar-refractivity contribution >= 4 is 5.69 Å². The molecule has 2 heterocycles. The smallest absolute Gasteiger partial charge is 0.231 e. The first-order valence-corrected chi connectivity index (χ1v) is 10.8. The van der Waals surface area contributed by atoms with Crippen LogP contribution in [0.5, 0.6) is 34.5 Å². The predicted octanol–water partition coefficient (Wildman–Crippen LogP) is 5.04. The molecule has 1 N–H and O–H groups in total. The Labute approximate surface area is 193 Å². The lowest BCUT2D eigenvalue weighted by Crippen LogP contribution is -2.40. The molecule has 0 spiro atoms. The summed E-state index contributed by atoms with van der Waals surface area (Å²) in [6.45, 7) is 2.37. The van der Waals surface area contributed by atoms with Crippen LogP contribution < -0.4 is 33.7 Å². The van der Waals surface area contributed by atoms with Gasteiger partial charge in [0.05, 0.1) is 21.3 Å². The second-order valence-corrected chi connectivity index (χ2v) is 8.07. The van der Waals surface area contributed by atoms with Crippen LogP contribution in [0.25, 0.3) is 0 Å². The summed E-state index contributed by atoms with van der Waals surface area (Å²) < 4.78 is 34.4. The van der Waals surface area contributed by atoms with Gasteiger partial charge < -0.3 is 33.7 Å². The van der Waals surface area contributed by atoms with Crippen molar-refractivity contribution in [2.75, 3.05) is 33.4 Å². The van der Waals surface area contributed by atoms with Crippen LogP contribution in [0.15, 0.2) is 54.6 Å². The third-order valence-corrected chi connectivity index (χ3v) is 6.26. The standard InChI is InChI=1S/C26H27NO6/c1-15-24(18-6-5-7-20(29-3)25(18)30-4)19-12-22-23(32-14-31-22)13-21(19)33-26(15)27-16-8-10-17(28-2)11-9-16/h5-13,15,24,26-27H,14H2,1-4H3/t15-,24-,26-/m0/s1. The molecular weight excluding hydrogens is 422 g/mol. The molecule has 2 aliphatic rings. The van der Waals surface area contributed by atoms with Gasteiger partial charge in [0, 0.05) is 34.7 Å². The highest BCUT2D eigenvalue weighted by Crippen LogP contribution is 2.52. The van der Waals surface area contributed by atoms with Crippen molar-refractivity contribution in [1.82, 2.24) is 0 Å². The Morgan fingerprint density at radius 1 is 0.818 bits per heavy atom. The maximum Gasteiger partial charge on any atom is 0.231 e. The Balaban J connectivity index is 1.59. The van der Waals surface area contributed by atoms with E-state index in [-0.39, 0.29) is 24.9 Å². The highest BCUT2D eigenvalue weighted by Gasteiger charge is 2.40. The fourth-order valence-corrected chi connectivity index (χ4v) is 4.61. The fourth-order valence-electron chi connectivity index (χ4n) is 4.61. The Hall–Kier alpha value is -3.74. The molecule has 0 saturated heterocycles. The molecule has 5 rings (SSSR count). The van der Waals surface area contributed by atoms with Crippen molar-refractivity contribution in [3.8, 4) is 34.5 Å². The van der Waals surface area contributed by atoms with E-state index in [2.05, 4.69) is 18.3 Å². The van der Waals surface area contributed by atoms with E-state index in [1.54, 1.807) is 21.3 Å². The molecule has 172 valence electrons. The predicted molar refractivity (Wildman–Crippen MR) is 124 cm³/mol. The molecule has 3 aromatic carbocycles.